The summed E-state index contributed by atoms with van der Waals surface area (Å²) in [5.74, 6) is 0.804. The average Bonchev–Trinajstić information content (AvgIpc) is 2.68. The Kier molecular flexibility index (Phi) is 4.74. The predicted octanol–water partition coefficient (Wildman–Crippen LogP) is 4.09. The number of nitrogens with zero attached hydrogens (tertiary/aromatic N) is 1. The Morgan fingerprint density at radius 3 is 2.73 bits per heavy atom. The van der Waals surface area contributed by atoms with Crippen molar-refractivity contribution >= 4 is 33.6 Å². The van der Waals surface area contributed by atoms with Gasteiger partial charge in [-0.15, -0.1) is 11.8 Å². The van der Waals surface area contributed by atoms with Gasteiger partial charge in [0.05, 0.1) is 0 Å². The van der Waals surface area contributed by atoms with Crippen LogP contribution in [0.15, 0.2) is 51.8 Å². The zero-order valence-electron chi connectivity index (χ0n) is 12.2. The lowest BCUT2D eigenvalue weighted by molar-refractivity contribution is -0.133. The van der Waals surface area contributed by atoms with E-state index in [9.17, 15) is 4.79 Å². The zero-order chi connectivity index (χ0) is 15.5. The molecule has 0 saturated heterocycles. The third-order valence-corrected chi connectivity index (χ3v) is 4.86. The van der Waals surface area contributed by atoms with E-state index < -0.39 is 0 Å². The topological polar surface area (TPSA) is 29.5 Å². The van der Waals surface area contributed by atoms with Crippen molar-refractivity contribution in [1.29, 1.82) is 0 Å². The van der Waals surface area contributed by atoms with Crippen LogP contribution in [0.3, 0.4) is 0 Å². The van der Waals surface area contributed by atoms with Crippen LogP contribution in [0.1, 0.15) is 11.1 Å². The lowest BCUT2D eigenvalue weighted by atomic mass is 10.1. The average molecular weight is 378 g/mol. The van der Waals surface area contributed by atoms with E-state index in [-0.39, 0.29) is 12.5 Å². The summed E-state index contributed by atoms with van der Waals surface area (Å²) < 4.78 is 6.60. The highest BCUT2D eigenvalue weighted by atomic mass is 79.9. The van der Waals surface area contributed by atoms with E-state index in [1.807, 2.05) is 23.1 Å². The molecule has 3 rings (SSSR count). The minimum Gasteiger partial charge on any atom is -0.483 e. The van der Waals surface area contributed by atoms with Gasteiger partial charge in [0, 0.05) is 28.0 Å². The second-order valence-electron chi connectivity index (χ2n) is 5.14. The normalized spacial score (nSPS) is 14.3. The molecule has 2 aromatic rings. The molecule has 1 amide bonds. The molecule has 0 spiro atoms. The van der Waals surface area contributed by atoms with Crippen molar-refractivity contribution in [3.8, 4) is 5.75 Å². The van der Waals surface area contributed by atoms with Gasteiger partial charge in [0.15, 0.2) is 6.61 Å². The molecule has 1 aliphatic heterocycles. The van der Waals surface area contributed by atoms with Crippen LogP contribution in [-0.2, 0) is 17.9 Å². The third kappa shape index (κ3) is 3.47. The lowest BCUT2D eigenvalue weighted by Gasteiger charge is -2.20. The van der Waals surface area contributed by atoms with Gasteiger partial charge in [-0.3, -0.25) is 4.79 Å². The molecule has 0 aliphatic carbocycles. The molecule has 0 N–H and O–H groups in total. The van der Waals surface area contributed by atoms with Crippen LogP contribution < -0.4 is 4.74 Å². The Balaban J connectivity index is 1.81. The molecule has 0 bridgehead atoms. The number of fused-ring (bicyclic) bond motifs is 1. The van der Waals surface area contributed by atoms with E-state index in [0.29, 0.717) is 13.1 Å². The molecule has 3 nitrogen and oxygen atoms in total. The predicted molar refractivity (Wildman–Crippen MR) is 92.1 cm³/mol. The number of rotatable bonds is 3. The monoisotopic (exact) mass is 377 g/mol. The fourth-order valence-corrected chi connectivity index (χ4v) is 3.25. The minimum absolute atomic E-state index is 0.0151. The van der Waals surface area contributed by atoms with Crippen LogP contribution in [-0.4, -0.2) is 23.7 Å². The molecule has 0 unspecified atom stereocenters. The van der Waals surface area contributed by atoms with Gasteiger partial charge in [0.25, 0.3) is 5.91 Å². The summed E-state index contributed by atoms with van der Waals surface area (Å²) in [5.41, 5.74) is 2.16. The van der Waals surface area contributed by atoms with Gasteiger partial charge in [-0.25, -0.2) is 0 Å². The molecule has 1 heterocycles. The molecule has 22 heavy (non-hydrogen) atoms. The number of amides is 1. The summed E-state index contributed by atoms with van der Waals surface area (Å²) in [5, 5.41) is 0. The highest BCUT2D eigenvalue weighted by Crippen LogP contribution is 2.27. The van der Waals surface area contributed by atoms with Crippen LogP contribution in [0.25, 0.3) is 0 Å². The fraction of sp³-hybridized carbons (Fsp3) is 0.235. The smallest absolute Gasteiger partial charge is 0.261 e. The van der Waals surface area contributed by atoms with Crippen molar-refractivity contribution in [1.82, 2.24) is 4.90 Å². The Morgan fingerprint density at radius 1 is 1.23 bits per heavy atom. The highest BCUT2D eigenvalue weighted by Gasteiger charge is 2.21. The molecular formula is C17H16BrNO2S. The van der Waals surface area contributed by atoms with Crippen molar-refractivity contribution in [2.45, 2.75) is 18.0 Å². The molecule has 5 heteroatoms. The van der Waals surface area contributed by atoms with Crippen LogP contribution in [0, 0.1) is 0 Å². The summed E-state index contributed by atoms with van der Waals surface area (Å²) in [6, 6.07) is 14.2. The quantitative estimate of drug-likeness (QED) is 0.754. The maximum atomic E-state index is 12.3. The van der Waals surface area contributed by atoms with E-state index >= 15 is 0 Å². The summed E-state index contributed by atoms with van der Waals surface area (Å²) >= 11 is 5.19. The van der Waals surface area contributed by atoms with Gasteiger partial charge in [0.2, 0.25) is 0 Å². The number of ether oxygens (including phenoxy) is 1. The van der Waals surface area contributed by atoms with Gasteiger partial charge in [-0.05, 0) is 42.2 Å². The molecule has 0 saturated carbocycles. The second kappa shape index (κ2) is 6.75. The number of thioether (sulfide) groups is 1. The van der Waals surface area contributed by atoms with Crippen LogP contribution in [0.5, 0.6) is 5.75 Å². The maximum absolute atomic E-state index is 12.3. The molecule has 0 fully saturated rings. The standard InChI is InChI=1S/C17H16BrNO2S/c1-22-15-5-2-12(3-6-15)9-19-10-13-8-14(18)4-7-16(13)21-11-17(19)20/h2-8H,9-11H2,1H3. The van der Waals surface area contributed by atoms with Crippen molar-refractivity contribution < 1.29 is 9.53 Å². The highest BCUT2D eigenvalue weighted by molar-refractivity contribution is 9.10. The van der Waals surface area contributed by atoms with Crippen LogP contribution >= 0.6 is 27.7 Å². The third-order valence-electron chi connectivity index (χ3n) is 3.62. The van der Waals surface area contributed by atoms with E-state index in [1.165, 1.54) is 4.90 Å². The Morgan fingerprint density at radius 2 is 2.00 bits per heavy atom. The van der Waals surface area contributed by atoms with Gasteiger partial charge in [-0.2, -0.15) is 0 Å². The molecule has 114 valence electrons. The van der Waals surface area contributed by atoms with Gasteiger partial charge in [0.1, 0.15) is 5.75 Å². The maximum Gasteiger partial charge on any atom is 0.261 e. The van der Waals surface area contributed by atoms with E-state index in [2.05, 4.69) is 46.5 Å². The van der Waals surface area contributed by atoms with Crippen LogP contribution in [0.4, 0.5) is 0 Å². The first-order valence-electron chi connectivity index (χ1n) is 6.97. The summed E-state index contributed by atoms with van der Waals surface area (Å²) in [6.45, 7) is 1.26. The first-order valence-corrected chi connectivity index (χ1v) is 8.99. The fourth-order valence-electron chi connectivity index (χ4n) is 2.43. The lowest BCUT2D eigenvalue weighted by Crippen LogP contribution is -2.31. The van der Waals surface area contributed by atoms with Crippen molar-refractivity contribution in [3.63, 3.8) is 0 Å². The molecular weight excluding hydrogens is 362 g/mol. The number of carbonyl (C=O) groups is 1. The summed E-state index contributed by atoms with van der Waals surface area (Å²) in [6.07, 6.45) is 2.06. The number of hydrogen-bond donors (Lipinski definition) is 0. The molecule has 1 aliphatic rings. The molecule has 0 atom stereocenters. The van der Waals surface area contributed by atoms with Gasteiger partial charge in [-0.1, -0.05) is 28.1 Å². The van der Waals surface area contributed by atoms with E-state index in [1.54, 1.807) is 11.8 Å². The molecule has 0 aromatic heterocycles. The SMILES string of the molecule is CSc1ccc(CN2Cc3cc(Br)ccc3OCC2=O)cc1. The first kappa shape index (κ1) is 15.4. The Hall–Kier alpha value is -1.46. The second-order valence-corrected chi connectivity index (χ2v) is 6.93. The summed E-state index contributed by atoms with van der Waals surface area (Å²) in [4.78, 5) is 15.3. The van der Waals surface area contributed by atoms with Crippen molar-refractivity contribution in [2.75, 3.05) is 12.9 Å². The number of carbonyl (C=O) groups excluding carboxylic acids is 1. The summed E-state index contributed by atoms with van der Waals surface area (Å²) in [7, 11) is 0. The Labute approximate surface area is 142 Å². The van der Waals surface area contributed by atoms with E-state index in [4.69, 9.17) is 4.74 Å². The minimum atomic E-state index is 0.0151. The molecule has 2 aromatic carbocycles. The van der Waals surface area contributed by atoms with Crippen molar-refractivity contribution in [3.05, 3.63) is 58.1 Å². The number of benzene rings is 2. The number of halogens is 1. The zero-order valence-corrected chi connectivity index (χ0v) is 14.6. The van der Waals surface area contributed by atoms with Gasteiger partial charge >= 0.3 is 0 Å². The number of hydrogen-bond acceptors (Lipinski definition) is 3. The first-order chi connectivity index (χ1) is 10.7. The van der Waals surface area contributed by atoms with Crippen molar-refractivity contribution in [2.24, 2.45) is 0 Å². The van der Waals surface area contributed by atoms with E-state index in [0.717, 1.165) is 21.3 Å². The van der Waals surface area contributed by atoms with Crippen LogP contribution in [0.2, 0.25) is 0 Å². The van der Waals surface area contributed by atoms with Gasteiger partial charge < -0.3 is 9.64 Å². The molecule has 0 radical (unpaired) electrons. The largest absolute Gasteiger partial charge is 0.483 e. The Bertz CT molecular complexity index is 688.